The molecule has 0 saturated heterocycles. The molecule has 0 aliphatic heterocycles. The van der Waals surface area contributed by atoms with E-state index in [4.69, 9.17) is 5.73 Å². The second-order valence-corrected chi connectivity index (χ2v) is 5.95. The molecule has 23 heavy (non-hydrogen) atoms. The summed E-state index contributed by atoms with van der Waals surface area (Å²) in [6.45, 7) is 0. The molecule has 2 N–H and O–H groups in total. The Balaban J connectivity index is 1.72. The summed E-state index contributed by atoms with van der Waals surface area (Å²) >= 11 is 1.53. The lowest BCUT2D eigenvalue weighted by Crippen LogP contribution is -2.01. The molecule has 2 aromatic heterocycles. The van der Waals surface area contributed by atoms with Gasteiger partial charge in [-0.05, 0) is 0 Å². The highest BCUT2D eigenvalue weighted by Gasteiger charge is 2.12. The highest BCUT2D eigenvalue weighted by atomic mass is 32.1. The molecule has 0 unspecified atom stereocenters. The van der Waals surface area contributed by atoms with Gasteiger partial charge in [-0.2, -0.15) is 9.78 Å². The van der Waals surface area contributed by atoms with Gasteiger partial charge in [0.25, 0.3) is 0 Å². The van der Waals surface area contributed by atoms with Crippen molar-refractivity contribution in [3.05, 3.63) is 72.1 Å². The standard InChI is InChI=1S/C18H14N4S/c19-17-11-15(13-7-3-1-4-8-13)21-22(17)18-20-16(12-23-18)14-9-5-2-6-10-14/h1-12H,19H2. The van der Waals surface area contributed by atoms with Gasteiger partial charge in [-0.3, -0.25) is 0 Å². The summed E-state index contributed by atoms with van der Waals surface area (Å²) in [6.07, 6.45) is 0. The van der Waals surface area contributed by atoms with E-state index in [0.717, 1.165) is 27.6 Å². The van der Waals surface area contributed by atoms with Crippen molar-refractivity contribution in [3.8, 4) is 27.6 Å². The monoisotopic (exact) mass is 318 g/mol. The highest BCUT2D eigenvalue weighted by Crippen LogP contribution is 2.27. The zero-order chi connectivity index (χ0) is 15.6. The van der Waals surface area contributed by atoms with Gasteiger partial charge in [-0.1, -0.05) is 60.7 Å². The molecule has 2 aromatic carbocycles. The van der Waals surface area contributed by atoms with Crippen LogP contribution in [0.3, 0.4) is 0 Å². The maximum absolute atomic E-state index is 6.13. The fourth-order valence-electron chi connectivity index (χ4n) is 2.40. The lowest BCUT2D eigenvalue weighted by Gasteiger charge is -1.98. The molecule has 0 atom stereocenters. The number of benzene rings is 2. The minimum absolute atomic E-state index is 0.581. The number of nitrogens with zero attached hydrogens (tertiary/aromatic N) is 3. The molecule has 0 spiro atoms. The summed E-state index contributed by atoms with van der Waals surface area (Å²) in [5.74, 6) is 0.581. The Kier molecular flexibility index (Phi) is 3.40. The Morgan fingerprint density at radius 3 is 2.09 bits per heavy atom. The third-order valence-electron chi connectivity index (χ3n) is 3.55. The minimum Gasteiger partial charge on any atom is -0.383 e. The molecule has 4 rings (SSSR count). The van der Waals surface area contributed by atoms with Gasteiger partial charge < -0.3 is 5.73 Å². The van der Waals surface area contributed by atoms with Crippen LogP contribution in [0.25, 0.3) is 27.6 Å². The Hall–Kier alpha value is -2.92. The minimum atomic E-state index is 0.581. The third kappa shape index (κ3) is 2.62. The van der Waals surface area contributed by atoms with Gasteiger partial charge in [-0.15, -0.1) is 11.3 Å². The lowest BCUT2D eigenvalue weighted by molar-refractivity contribution is 0.884. The number of anilines is 1. The van der Waals surface area contributed by atoms with E-state index in [1.165, 1.54) is 11.3 Å². The predicted octanol–water partition coefficient (Wildman–Crippen LogP) is 4.25. The van der Waals surface area contributed by atoms with Crippen molar-refractivity contribution in [2.75, 3.05) is 5.73 Å². The summed E-state index contributed by atoms with van der Waals surface area (Å²) in [7, 11) is 0. The Morgan fingerprint density at radius 2 is 1.43 bits per heavy atom. The Labute approximate surface area is 137 Å². The van der Waals surface area contributed by atoms with Crippen molar-refractivity contribution in [1.29, 1.82) is 0 Å². The maximum atomic E-state index is 6.13. The van der Waals surface area contributed by atoms with Gasteiger partial charge >= 0.3 is 0 Å². The fourth-order valence-corrected chi connectivity index (χ4v) is 3.20. The van der Waals surface area contributed by atoms with Gasteiger partial charge in [0.2, 0.25) is 5.13 Å². The van der Waals surface area contributed by atoms with Crippen molar-refractivity contribution in [2.45, 2.75) is 0 Å². The van der Waals surface area contributed by atoms with Crippen LogP contribution in [-0.4, -0.2) is 14.8 Å². The summed E-state index contributed by atoms with van der Waals surface area (Å²) in [6, 6.07) is 22.0. The van der Waals surface area contributed by atoms with Gasteiger partial charge in [0, 0.05) is 22.6 Å². The van der Waals surface area contributed by atoms with E-state index in [1.807, 2.05) is 72.1 Å². The topological polar surface area (TPSA) is 56.7 Å². The smallest absolute Gasteiger partial charge is 0.212 e. The van der Waals surface area contributed by atoms with Crippen LogP contribution in [-0.2, 0) is 0 Å². The molecule has 0 aliphatic carbocycles. The molecule has 0 amide bonds. The van der Waals surface area contributed by atoms with Crippen molar-refractivity contribution in [2.24, 2.45) is 0 Å². The van der Waals surface area contributed by atoms with Crippen molar-refractivity contribution < 1.29 is 0 Å². The van der Waals surface area contributed by atoms with Crippen molar-refractivity contribution in [3.63, 3.8) is 0 Å². The number of hydrogen-bond acceptors (Lipinski definition) is 4. The van der Waals surface area contributed by atoms with E-state index in [2.05, 4.69) is 10.1 Å². The second-order valence-electron chi connectivity index (χ2n) is 5.11. The fraction of sp³-hybridized carbons (Fsp3) is 0. The van der Waals surface area contributed by atoms with Crippen LogP contribution in [0.4, 0.5) is 5.82 Å². The van der Waals surface area contributed by atoms with Crippen LogP contribution in [0.2, 0.25) is 0 Å². The molecule has 0 bridgehead atoms. The number of hydrogen-bond donors (Lipinski definition) is 1. The average Bonchev–Trinajstić information content (AvgIpc) is 3.23. The van der Waals surface area contributed by atoms with Crippen LogP contribution in [0.1, 0.15) is 0 Å². The number of aromatic nitrogens is 3. The second kappa shape index (κ2) is 5.70. The van der Waals surface area contributed by atoms with Gasteiger partial charge in [0.15, 0.2) is 0 Å². The van der Waals surface area contributed by atoms with Crippen molar-refractivity contribution in [1.82, 2.24) is 14.8 Å². The number of nitrogen functional groups attached to an aromatic ring is 1. The molecule has 4 nitrogen and oxygen atoms in total. The van der Waals surface area contributed by atoms with E-state index in [-0.39, 0.29) is 0 Å². The number of nitrogens with two attached hydrogens (primary N) is 1. The van der Waals surface area contributed by atoms with Crippen LogP contribution in [0.5, 0.6) is 0 Å². The van der Waals surface area contributed by atoms with E-state index in [0.29, 0.717) is 5.82 Å². The van der Waals surface area contributed by atoms with E-state index < -0.39 is 0 Å². The zero-order valence-corrected chi connectivity index (χ0v) is 13.1. The SMILES string of the molecule is Nc1cc(-c2ccccc2)nn1-c1nc(-c2ccccc2)cs1. The quantitative estimate of drug-likeness (QED) is 0.614. The van der Waals surface area contributed by atoms with Gasteiger partial charge in [-0.25, -0.2) is 4.98 Å². The Morgan fingerprint density at radius 1 is 0.826 bits per heavy atom. The number of thiazole rings is 1. The normalized spacial score (nSPS) is 10.8. The predicted molar refractivity (Wildman–Crippen MR) is 94.5 cm³/mol. The molecule has 0 fully saturated rings. The largest absolute Gasteiger partial charge is 0.383 e. The van der Waals surface area contributed by atoms with Gasteiger partial charge in [0.05, 0.1) is 11.4 Å². The zero-order valence-electron chi connectivity index (χ0n) is 12.3. The number of rotatable bonds is 3. The van der Waals surface area contributed by atoms with Crippen LogP contribution < -0.4 is 5.73 Å². The summed E-state index contributed by atoms with van der Waals surface area (Å²) < 4.78 is 1.69. The molecular formula is C18H14N4S. The highest BCUT2D eigenvalue weighted by molar-refractivity contribution is 7.12. The Bertz CT molecular complexity index is 926. The summed E-state index contributed by atoms with van der Waals surface area (Å²) in [5, 5.41) is 7.39. The molecule has 4 aromatic rings. The first kappa shape index (κ1) is 13.7. The van der Waals surface area contributed by atoms with Crippen LogP contribution >= 0.6 is 11.3 Å². The van der Waals surface area contributed by atoms with Crippen LogP contribution in [0, 0.1) is 0 Å². The summed E-state index contributed by atoms with van der Waals surface area (Å²) in [4.78, 5) is 4.66. The molecule has 0 radical (unpaired) electrons. The van der Waals surface area contributed by atoms with E-state index in [1.54, 1.807) is 4.68 Å². The molecule has 0 saturated carbocycles. The van der Waals surface area contributed by atoms with Gasteiger partial charge in [0.1, 0.15) is 5.82 Å². The van der Waals surface area contributed by atoms with E-state index >= 15 is 0 Å². The van der Waals surface area contributed by atoms with Crippen molar-refractivity contribution >= 4 is 17.2 Å². The average molecular weight is 318 g/mol. The van der Waals surface area contributed by atoms with Crippen LogP contribution in [0.15, 0.2) is 72.1 Å². The molecule has 0 aliphatic rings. The van der Waals surface area contributed by atoms with E-state index in [9.17, 15) is 0 Å². The molecule has 5 heteroatoms. The third-order valence-corrected chi connectivity index (χ3v) is 4.37. The first-order valence-electron chi connectivity index (χ1n) is 7.23. The first-order valence-corrected chi connectivity index (χ1v) is 8.11. The summed E-state index contributed by atoms with van der Waals surface area (Å²) in [5.41, 5.74) is 10.0. The maximum Gasteiger partial charge on any atom is 0.212 e. The molecule has 112 valence electrons. The lowest BCUT2D eigenvalue weighted by atomic mass is 10.2. The molecular weight excluding hydrogens is 304 g/mol. The first-order chi connectivity index (χ1) is 11.3. The molecule has 2 heterocycles.